The molecule has 1 fully saturated rings. The Hall–Kier alpha value is -2.86. The highest BCUT2D eigenvalue weighted by molar-refractivity contribution is 7.10. The Bertz CT molecular complexity index is 992. The Kier molecular flexibility index (Phi) is 6.87. The van der Waals surface area contributed by atoms with Gasteiger partial charge in [0.2, 0.25) is 5.91 Å². The van der Waals surface area contributed by atoms with E-state index in [1.165, 1.54) is 28.7 Å². The molecule has 2 heterocycles. The van der Waals surface area contributed by atoms with Crippen LogP contribution in [0.4, 0.5) is 0 Å². The van der Waals surface area contributed by atoms with Gasteiger partial charge in [-0.25, -0.2) is 0 Å². The van der Waals surface area contributed by atoms with Crippen LogP contribution >= 0.6 is 11.3 Å². The predicted molar refractivity (Wildman–Crippen MR) is 122 cm³/mol. The highest BCUT2D eigenvalue weighted by Crippen LogP contribution is 2.29. The van der Waals surface area contributed by atoms with Crippen molar-refractivity contribution in [2.45, 2.75) is 51.1 Å². The Morgan fingerprint density at radius 3 is 2.61 bits per heavy atom. The summed E-state index contributed by atoms with van der Waals surface area (Å²) in [5, 5.41) is 5.15. The lowest BCUT2D eigenvalue weighted by Crippen LogP contribution is -2.46. The molecule has 1 unspecified atom stereocenters. The molecule has 2 aromatic heterocycles. The van der Waals surface area contributed by atoms with E-state index in [-0.39, 0.29) is 23.6 Å². The number of thiophene rings is 1. The molecule has 3 aromatic rings. The summed E-state index contributed by atoms with van der Waals surface area (Å²) in [6, 6.07) is 14.9. The van der Waals surface area contributed by atoms with Gasteiger partial charge in [-0.1, -0.05) is 43.2 Å². The molecule has 1 N–H and O–H groups in total. The van der Waals surface area contributed by atoms with Crippen LogP contribution in [-0.4, -0.2) is 29.3 Å². The van der Waals surface area contributed by atoms with E-state index < -0.39 is 6.04 Å². The molecule has 1 aromatic carbocycles. The standard InChI is InChI=1S/C25H28N2O3S/c1-18-8-2-3-9-19(18)14-15-27(25(29)21-12-6-16-30-21)23(22-13-7-17-31-22)24(28)26-20-10-4-5-11-20/h2-3,6-9,12-13,16-17,20,23H,4-5,10-11,14-15H2,1H3,(H,26,28). The molecule has 4 rings (SSSR count). The number of benzene rings is 1. The van der Waals surface area contributed by atoms with Crippen LogP contribution in [0, 0.1) is 6.92 Å². The third kappa shape index (κ3) is 5.07. The van der Waals surface area contributed by atoms with Gasteiger partial charge >= 0.3 is 0 Å². The zero-order valence-electron chi connectivity index (χ0n) is 17.8. The Morgan fingerprint density at radius 1 is 1.13 bits per heavy atom. The lowest BCUT2D eigenvalue weighted by Gasteiger charge is -2.31. The van der Waals surface area contributed by atoms with E-state index in [9.17, 15) is 9.59 Å². The van der Waals surface area contributed by atoms with Gasteiger partial charge in [-0.3, -0.25) is 9.59 Å². The van der Waals surface area contributed by atoms with Crippen LogP contribution in [0.3, 0.4) is 0 Å². The summed E-state index contributed by atoms with van der Waals surface area (Å²) in [6.45, 7) is 2.49. The number of amides is 2. The third-order valence-corrected chi connectivity index (χ3v) is 6.88. The first-order chi connectivity index (χ1) is 15.1. The molecule has 6 heteroatoms. The molecule has 162 valence electrons. The highest BCUT2D eigenvalue weighted by Gasteiger charge is 2.35. The SMILES string of the molecule is Cc1ccccc1CCN(C(=O)c1ccco1)C(C(=O)NC1CCCC1)c1cccs1. The maximum Gasteiger partial charge on any atom is 0.290 e. The molecule has 31 heavy (non-hydrogen) atoms. The second-order valence-electron chi connectivity index (χ2n) is 8.06. The summed E-state index contributed by atoms with van der Waals surface area (Å²) in [4.78, 5) is 29.4. The van der Waals surface area contributed by atoms with Gasteiger partial charge in [0.15, 0.2) is 5.76 Å². The molecule has 2 amide bonds. The molecule has 0 saturated heterocycles. The number of furan rings is 1. The lowest BCUT2D eigenvalue weighted by molar-refractivity contribution is -0.126. The molecular weight excluding hydrogens is 408 g/mol. The van der Waals surface area contributed by atoms with Crippen molar-refractivity contribution in [3.8, 4) is 0 Å². The Labute approximate surface area is 187 Å². The molecule has 5 nitrogen and oxygen atoms in total. The average Bonchev–Trinajstić information content (AvgIpc) is 3.55. The van der Waals surface area contributed by atoms with Gasteiger partial charge in [-0.2, -0.15) is 0 Å². The van der Waals surface area contributed by atoms with E-state index >= 15 is 0 Å². The van der Waals surface area contributed by atoms with Crippen molar-refractivity contribution >= 4 is 23.2 Å². The second kappa shape index (κ2) is 9.96. The quantitative estimate of drug-likeness (QED) is 0.532. The maximum atomic E-state index is 13.5. The zero-order chi connectivity index (χ0) is 21.6. The summed E-state index contributed by atoms with van der Waals surface area (Å²) in [5.41, 5.74) is 2.34. The van der Waals surface area contributed by atoms with Crippen LogP contribution in [0.15, 0.2) is 64.6 Å². The third-order valence-electron chi connectivity index (χ3n) is 5.95. The van der Waals surface area contributed by atoms with E-state index in [0.717, 1.165) is 30.6 Å². The fourth-order valence-electron chi connectivity index (χ4n) is 4.24. The summed E-state index contributed by atoms with van der Waals surface area (Å²) < 4.78 is 5.41. The van der Waals surface area contributed by atoms with Crippen molar-refractivity contribution in [2.24, 2.45) is 0 Å². The van der Waals surface area contributed by atoms with Gasteiger partial charge in [-0.05, 0) is 60.9 Å². The molecule has 0 radical (unpaired) electrons. The predicted octanol–water partition coefficient (Wildman–Crippen LogP) is 5.13. The topological polar surface area (TPSA) is 62.6 Å². The Morgan fingerprint density at radius 2 is 1.94 bits per heavy atom. The van der Waals surface area contributed by atoms with E-state index in [1.807, 2.05) is 29.6 Å². The first-order valence-electron chi connectivity index (χ1n) is 10.9. The minimum Gasteiger partial charge on any atom is -0.459 e. The van der Waals surface area contributed by atoms with Crippen molar-refractivity contribution < 1.29 is 14.0 Å². The second-order valence-corrected chi connectivity index (χ2v) is 9.04. The molecule has 1 atom stereocenters. The van der Waals surface area contributed by atoms with Gasteiger partial charge in [0.1, 0.15) is 6.04 Å². The summed E-state index contributed by atoms with van der Waals surface area (Å²) in [5.74, 6) is -0.127. The minimum atomic E-state index is -0.679. The van der Waals surface area contributed by atoms with Gasteiger partial charge in [0.05, 0.1) is 6.26 Å². The normalized spacial score (nSPS) is 15.0. The number of hydrogen-bond acceptors (Lipinski definition) is 4. The van der Waals surface area contributed by atoms with Crippen LogP contribution in [-0.2, 0) is 11.2 Å². The van der Waals surface area contributed by atoms with Crippen molar-refractivity contribution in [3.05, 3.63) is 81.9 Å². The van der Waals surface area contributed by atoms with Gasteiger partial charge in [0.25, 0.3) is 5.91 Å². The number of carbonyl (C=O) groups is 2. The van der Waals surface area contributed by atoms with E-state index in [0.29, 0.717) is 13.0 Å². The van der Waals surface area contributed by atoms with Crippen LogP contribution in [0.25, 0.3) is 0 Å². The van der Waals surface area contributed by atoms with Crippen LogP contribution < -0.4 is 5.32 Å². The highest BCUT2D eigenvalue weighted by atomic mass is 32.1. The molecule has 1 aliphatic rings. The molecule has 1 aliphatic carbocycles. The average molecular weight is 437 g/mol. The molecule has 1 saturated carbocycles. The molecular formula is C25H28N2O3S. The lowest BCUT2D eigenvalue weighted by atomic mass is 10.0. The van der Waals surface area contributed by atoms with E-state index in [2.05, 4.69) is 24.4 Å². The largest absolute Gasteiger partial charge is 0.459 e. The van der Waals surface area contributed by atoms with Crippen LogP contribution in [0.5, 0.6) is 0 Å². The number of hydrogen-bond donors (Lipinski definition) is 1. The fraction of sp³-hybridized carbons (Fsp3) is 0.360. The minimum absolute atomic E-state index is 0.112. The fourth-order valence-corrected chi connectivity index (χ4v) is 5.08. The first-order valence-corrected chi connectivity index (χ1v) is 11.7. The summed E-state index contributed by atoms with van der Waals surface area (Å²) in [7, 11) is 0. The summed E-state index contributed by atoms with van der Waals surface area (Å²) >= 11 is 1.50. The zero-order valence-corrected chi connectivity index (χ0v) is 18.6. The Balaban J connectivity index is 1.64. The number of aryl methyl sites for hydroxylation is 1. The molecule has 0 spiro atoms. The molecule has 0 aliphatic heterocycles. The van der Waals surface area contributed by atoms with Crippen molar-refractivity contribution in [2.75, 3.05) is 6.54 Å². The monoisotopic (exact) mass is 436 g/mol. The number of nitrogens with zero attached hydrogens (tertiary/aromatic N) is 1. The van der Waals surface area contributed by atoms with Gasteiger partial charge in [-0.15, -0.1) is 11.3 Å². The van der Waals surface area contributed by atoms with Crippen LogP contribution in [0.2, 0.25) is 0 Å². The summed E-state index contributed by atoms with van der Waals surface area (Å²) in [6.07, 6.45) is 6.42. The van der Waals surface area contributed by atoms with Crippen molar-refractivity contribution in [3.63, 3.8) is 0 Å². The van der Waals surface area contributed by atoms with Crippen LogP contribution in [0.1, 0.15) is 58.3 Å². The first kappa shape index (κ1) is 21.4. The smallest absolute Gasteiger partial charge is 0.290 e. The number of carbonyl (C=O) groups excluding carboxylic acids is 2. The van der Waals surface area contributed by atoms with E-state index in [4.69, 9.17) is 4.42 Å². The number of rotatable bonds is 8. The van der Waals surface area contributed by atoms with Gasteiger partial charge in [0, 0.05) is 17.5 Å². The maximum absolute atomic E-state index is 13.5. The van der Waals surface area contributed by atoms with E-state index in [1.54, 1.807) is 17.0 Å². The van der Waals surface area contributed by atoms with Gasteiger partial charge < -0.3 is 14.6 Å². The number of nitrogens with one attached hydrogen (secondary N) is 1. The van der Waals surface area contributed by atoms with Crippen molar-refractivity contribution in [1.29, 1.82) is 0 Å². The van der Waals surface area contributed by atoms with Crippen molar-refractivity contribution in [1.82, 2.24) is 10.2 Å². The molecule has 0 bridgehead atoms.